The summed E-state index contributed by atoms with van der Waals surface area (Å²) in [5.74, 6) is -0.348. The molecule has 0 unspecified atom stereocenters. The predicted molar refractivity (Wildman–Crippen MR) is 74.9 cm³/mol. The topological polar surface area (TPSA) is 63.6 Å². The minimum atomic E-state index is -0.573. The molecular formula is C16H22O4. The highest BCUT2D eigenvalue weighted by atomic mass is 16.5. The van der Waals surface area contributed by atoms with Crippen LogP contribution in [0.25, 0.3) is 0 Å². The van der Waals surface area contributed by atoms with Gasteiger partial charge in [-0.3, -0.25) is 4.79 Å². The molecule has 0 radical (unpaired) electrons. The summed E-state index contributed by atoms with van der Waals surface area (Å²) in [7, 11) is 1.28. The second-order valence-corrected chi connectivity index (χ2v) is 6.15. The van der Waals surface area contributed by atoms with Gasteiger partial charge in [0.05, 0.1) is 18.8 Å². The lowest BCUT2D eigenvalue weighted by Crippen LogP contribution is -2.47. The van der Waals surface area contributed by atoms with Crippen LogP contribution in [0.15, 0.2) is 23.8 Å². The molecule has 0 aromatic carbocycles. The third kappa shape index (κ3) is 2.22. The van der Waals surface area contributed by atoms with Gasteiger partial charge in [0.1, 0.15) is 0 Å². The summed E-state index contributed by atoms with van der Waals surface area (Å²) in [6, 6.07) is 0. The first-order valence-electron chi connectivity index (χ1n) is 7.03. The number of Topliss-reactive ketones (excluding diaryl/α,β-unsaturated/α-hetero) is 1. The molecule has 4 heteroatoms. The second kappa shape index (κ2) is 5.17. The van der Waals surface area contributed by atoms with Gasteiger partial charge in [-0.1, -0.05) is 26.5 Å². The Balaban J connectivity index is 2.41. The first-order chi connectivity index (χ1) is 9.31. The van der Waals surface area contributed by atoms with Crippen molar-refractivity contribution in [3.8, 4) is 0 Å². The van der Waals surface area contributed by atoms with Gasteiger partial charge in [0.25, 0.3) is 0 Å². The molecular weight excluding hydrogens is 256 g/mol. The average Bonchev–Trinajstić information content (AvgIpc) is 2.43. The maximum absolute atomic E-state index is 12.2. The predicted octanol–water partition coefficient (Wildman–Crippen LogP) is 2.03. The van der Waals surface area contributed by atoms with Gasteiger partial charge in [0.15, 0.2) is 5.78 Å². The highest BCUT2D eigenvalue weighted by molar-refractivity contribution is 6.10. The summed E-state index contributed by atoms with van der Waals surface area (Å²) >= 11 is 0. The molecule has 0 bridgehead atoms. The molecule has 0 aromatic heterocycles. The second-order valence-electron chi connectivity index (χ2n) is 6.15. The van der Waals surface area contributed by atoms with Crippen molar-refractivity contribution >= 4 is 11.8 Å². The molecule has 1 N–H and O–H groups in total. The number of methoxy groups -OCH3 is 1. The van der Waals surface area contributed by atoms with Crippen LogP contribution in [0.5, 0.6) is 0 Å². The summed E-state index contributed by atoms with van der Waals surface area (Å²) in [6.45, 7) is 7.75. The standard InChI is InChI=1S/C16H22O4/c1-9(15(19)20-4)12-8-16(3)10(2)13(17)6-5-11(16)7-14(12)18/h8,10-11,13,17H,1,5-7H2,2-4H3/t10-,11+,13-,16+/m0/s1. The Hall–Kier alpha value is -1.42. The molecule has 0 heterocycles. The van der Waals surface area contributed by atoms with E-state index in [2.05, 4.69) is 18.2 Å². The number of rotatable bonds is 2. The van der Waals surface area contributed by atoms with Crippen LogP contribution in [-0.2, 0) is 14.3 Å². The van der Waals surface area contributed by atoms with Crippen LogP contribution in [0.2, 0.25) is 0 Å². The SMILES string of the molecule is C=C(C(=O)OC)C1=C[C@@]2(C)[C@H](CC[C@H](O)[C@@H]2C)CC1=O. The smallest absolute Gasteiger partial charge is 0.337 e. The number of hydrogen-bond acceptors (Lipinski definition) is 4. The maximum Gasteiger partial charge on any atom is 0.337 e. The molecule has 1 saturated carbocycles. The van der Waals surface area contributed by atoms with Crippen molar-refractivity contribution in [3.63, 3.8) is 0 Å². The first kappa shape index (κ1) is 15.0. The molecule has 0 amide bonds. The summed E-state index contributed by atoms with van der Waals surface area (Å²) in [6.07, 6.45) is 3.46. The Morgan fingerprint density at radius 2 is 2.15 bits per heavy atom. The molecule has 0 aromatic rings. The fourth-order valence-electron chi connectivity index (χ4n) is 3.50. The summed E-state index contributed by atoms with van der Waals surface area (Å²) in [4.78, 5) is 23.8. The van der Waals surface area contributed by atoms with E-state index >= 15 is 0 Å². The minimum Gasteiger partial charge on any atom is -0.465 e. The molecule has 4 nitrogen and oxygen atoms in total. The normalized spacial score (nSPS) is 36.9. The average molecular weight is 278 g/mol. The van der Waals surface area contributed by atoms with Crippen LogP contribution in [0.1, 0.15) is 33.1 Å². The Kier molecular flexibility index (Phi) is 3.87. The molecule has 0 spiro atoms. The van der Waals surface area contributed by atoms with Crippen LogP contribution < -0.4 is 0 Å². The fraction of sp³-hybridized carbons (Fsp3) is 0.625. The van der Waals surface area contributed by atoms with Crippen molar-refractivity contribution in [2.75, 3.05) is 7.11 Å². The molecule has 4 atom stereocenters. The van der Waals surface area contributed by atoms with E-state index in [4.69, 9.17) is 0 Å². The van der Waals surface area contributed by atoms with Gasteiger partial charge in [-0.2, -0.15) is 0 Å². The number of fused-ring (bicyclic) bond motifs is 1. The van der Waals surface area contributed by atoms with E-state index in [0.717, 1.165) is 12.8 Å². The largest absolute Gasteiger partial charge is 0.465 e. The lowest BCUT2D eigenvalue weighted by molar-refractivity contribution is -0.136. The van der Waals surface area contributed by atoms with Gasteiger partial charge < -0.3 is 9.84 Å². The van der Waals surface area contributed by atoms with E-state index < -0.39 is 5.97 Å². The fourth-order valence-corrected chi connectivity index (χ4v) is 3.50. The van der Waals surface area contributed by atoms with Crippen molar-refractivity contribution in [2.24, 2.45) is 17.3 Å². The van der Waals surface area contributed by atoms with Crippen LogP contribution in [0, 0.1) is 17.3 Å². The highest BCUT2D eigenvalue weighted by Crippen LogP contribution is 2.51. The lowest BCUT2D eigenvalue weighted by Gasteiger charge is -2.49. The Morgan fingerprint density at radius 3 is 2.75 bits per heavy atom. The molecule has 1 fully saturated rings. The van der Waals surface area contributed by atoms with Gasteiger partial charge >= 0.3 is 5.97 Å². The van der Waals surface area contributed by atoms with Crippen molar-refractivity contribution in [1.29, 1.82) is 0 Å². The molecule has 20 heavy (non-hydrogen) atoms. The zero-order valence-corrected chi connectivity index (χ0v) is 12.3. The van der Waals surface area contributed by atoms with Crippen LogP contribution in [0.4, 0.5) is 0 Å². The molecule has 110 valence electrons. The van der Waals surface area contributed by atoms with E-state index in [0.29, 0.717) is 12.0 Å². The van der Waals surface area contributed by atoms with Crippen molar-refractivity contribution in [1.82, 2.24) is 0 Å². The number of ether oxygens (including phenoxy) is 1. The van der Waals surface area contributed by atoms with Gasteiger partial charge in [-0.05, 0) is 30.1 Å². The first-order valence-corrected chi connectivity index (χ1v) is 7.03. The molecule has 2 aliphatic carbocycles. The number of carbonyl (C=O) groups is 2. The van der Waals surface area contributed by atoms with Crippen molar-refractivity contribution < 1.29 is 19.4 Å². The number of allylic oxidation sites excluding steroid dienone is 1. The zero-order chi connectivity index (χ0) is 15.1. The van der Waals surface area contributed by atoms with Gasteiger partial charge in [0, 0.05) is 12.0 Å². The van der Waals surface area contributed by atoms with Crippen molar-refractivity contribution in [2.45, 2.75) is 39.2 Å². The number of aliphatic hydroxyl groups excluding tert-OH is 1. The van der Waals surface area contributed by atoms with Crippen LogP contribution in [0.3, 0.4) is 0 Å². The summed E-state index contributed by atoms with van der Waals surface area (Å²) < 4.78 is 4.65. The van der Waals surface area contributed by atoms with Gasteiger partial charge in [-0.15, -0.1) is 0 Å². The van der Waals surface area contributed by atoms with Crippen molar-refractivity contribution in [3.05, 3.63) is 23.8 Å². The summed E-state index contributed by atoms with van der Waals surface area (Å²) in [5.41, 5.74) is 0.193. The Labute approximate surface area is 119 Å². The molecule has 2 rings (SSSR count). The Morgan fingerprint density at radius 1 is 1.50 bits per heavy atom. The van der Waals surface area contributed by atoms with E-state index in [1.54, 1.807) is 0 Å². The quantitative estimate of drug-likeness (QED) is 0.620. The van der Waals surface area contributed by atoms with E-state index in [1.165, 1.54) is 7.11 Å². The zero-order valence-electron chi connectivity index (χ0n) is 12.3. The number of aliphatic hydroxyl groups is 1. The number of hydrogen-bond donors (Lipinski definition) is 1. The highest BCUT2D eigenvalue weighted by Gasteiger charge is 2.48. The number of carbonyl (C=O) groups excluding carboxylic acids is 2. The van der Waals surface area contributed by atoms with Crippen LogP contribution >= 0.6 is 0 Å². The van der Waals surface area contributed by atoms with E-state index in [9.17, 15) is 14.7 Å². The molecule has 0 aliphatic heterocycles. The third-order valence-corrected chi connectivity index (χ3v) is 5.19. The van der Waals surface area contributed by atoms with E-state index in [-0.39, 0.29) is 34.7 Å². The number of ketones is 1. The molecule has 0 saturated heterocycles. The molecule has 2 aliphatic rings. The summed E-state index contributed by atoms with van der Waals surface area (Å²) in [5, 5.41) is 10.1. The minimum absolute atomic E-state index is 0.0496. The number of esters is 1. The van der Waals surface area contributed by atoms with Gasteiger partial charge in [-0.25, -0.2) is 4.79 Å². The van der Waals surface area contributed by atoms with E-state index in [1.807, 2.05) is 13.0 Å². The van der Waals surface area contributed by atoms with Gasteiger partial charge in [0.2, 0.25) is 0 Å². The van der Waals surface area contributed by atoms with Crippen LogP contribution in [-0.4, -0.2) is 30.1 Å². The maximum atomic E-state index is 12.2. The monoisotopic (exact) mass is 278 g/mol. The Bertz CT molecular complexity index is 491. The lowest BCUT2D eigenvalue weighted by atomic mass is 9.56. The third-order valence-electron chi connectivity index (χ3n) is 5.19.